The van der Waals surface area contributed by atoms with Gasteiger partial charge in [0.05, 0.1) is 5.25 Å². The Morgan fingerprint density at radius 1 is 1.35 bits per heavy atom. The first-order chi connectivity index (χ1) is 8.02. The average Bonchev–Trinajstić information content (AvgIpc) is 2.24. The van der Waals surface area contributed by atoms with Crippen LogP contribution in [-0.2, 0) is 4.79 Å². The standard InChI is InChI=1S/C9H16N6OS/c1-3-4-12-6(16)5(2)17-9-14-7(10)13-8(11)15-9/h5H,3-4H2,1-2H3,(H,12,16)(H4,10,11,13,14,15)/t5-/m0/s1. The lowest BCUT2D eigenvalue weighted by Crippen LogP contribution is -2.31. The summed E-state index contributed by atoms with van der Waals surface area (Å²) in [5.41, 5.74) is 10.9. The van der Waals surface area contributed by atoms with Crippen LogP contribution in [0.1, 0.15) is 20.3 Å². The molecule has 0 bridgehead atoms. The first-order valence-electron chi connectivity index (χ1n) is 5.24. The Kier molecular flexibility index (Phi) is 4.95. The Morgan fingerprint density at radius 3 is 2.47 bits per heavy atom. The molecule has 1 rings (SSSR count). The predicted octanol–water partition coefficient (Wildman–Crippen LogP) is 0.0428. The number of nitrogens with two attached hydrogens (primary N) is 2. The fourth-order valence-corrected chi connectivity index (χ4v) is 1.84. The van der Waals surface area contributed by atoms with Gasteiger partial charge in [0.15, 0.2) is 5.16 Å². The number of nitrogens with zero attached hydrogens (tertiary/aromatic N) is 3. The van der Waals surface area contributed by atoms with E-state index in [1.54, 1.807) is 6.92 Å². The van der Waals surface area contributed by atoms with E-state index in [0.717, 1.165) is 6.42 Å². The Hall–Kier alpha value is -1.57. The number of rotatable bonds is 5. The van der Waals surface area contributed by atoms with Crippen LogP contribution in [0.4, 0.5) is 11.9 Å². The number of anilines is 2. The number of hydrogen-bond acceptors (Lipinski definition) is 7. The smallest absolute Gasteiger partial charge is 0.233 e. The summed E-state index contributed by atoms with van der Waals surface area (Å²) in [7, 11) is 0. The maximum absolute atomic E-state index is 11.6. The summed E-state index contributed by atoms with van der Waals surface area (Å²) in [6.07, 6.45) is 0.898. The molecule has 0 aromatic carbocycles. The molecule has 1 atom stereocenters. The zero-order valence-electron chi connectivity index (χ0n) is 9.80. The molecule has 0 radical (unpaired) electrons. The molecule has 1 aromatic rings. The van der Waals surface area contributed by atoms with Crippen LogP contribution in [0.2, 0.25) is 0 Å². The van der Waals surface area contributed by atoms with E-state index in [0.29, 0.717) is 11.7 Å². The summed E-state index contributed by atoms with van der Waals surface area (Å²) in [5.74, 6) is 0.0525. The van der Waals surface area contributed by atoms with E-state index < -0.39 is 0 Å². The Bertz CT molecular complexity index is 379. The van der Waals surface area contributed by atoms with Crippen LogP contribution < -0.4 is 16.8 Å². The predicted molar refractivity (Wildman–Crippen MR) is 67.3 cm³/mol. The largest absolute Gasteiger partial charge is 0.368 e. The number of nitrogens with one attached hydrogen (secondary N) is 1. The maximum atomic E-state index is 11.6. The van der Waals surface area contributed by atoms with Gasteiger partial charge >= 0.3 is 0 Å². The highest BCUT2D eigenvalue weighted by Gasteiger charge is 2.16. The molecule has 0 aliphatic rings. The minimum absolute atomic E-state index is 0.0566. The van der Waals surface area contributed by atoms with Gasteiger partial charge in [-0.05, 0) is 13.3 Å². The minimum atomic E-state index is -0.303. The first kappa shape index (κ1) is 13.5. The number of nitrogen functional groups attached to an aromatic ring is 2. The second-order valence-corrected chi connectivity index (χ2v) is 4.69. The van der Waals surface area contributed by atoms with Gasteiger partial charge in [-0.25, -0.2) is 0 Å². The van der Waals surface area contributed by atoms with Crippen LogP contribution in [0.25, 0.3) is 0 Å². The van der Waals surface area contributed by atoms with Gasteiger partial charge in [-0.15, -0.1) is 0 Å². The fourth-order valence-electron chi connectivity index (χ4n) is 1.04. The van der Waals surface area contributed by atoms with Crippen molar-refractivity contribution in [2.24, 2.45) is 0 Å². The van der Waals surface area contributed by atoms with Crippen molar-refractivity contribution in [2.75, 3.05) is 18.0 Å². The second-order valence-electron chi connectivity index (χ2n) is 3.39. The third-order valence-electron chi connectivity index (χ3n) is 1.85. The van der Waals surface area contributed by atoms with Crippen LogP contribution >= 0.6 is 11.8 Å². The van der Waals surface area contributed by atoms with Gasteiger partial charge in [-0.1, -0.05) is 18.7 Å². The highest BCUT2D eigenvalue weighted by Crippen LogP contribution is 2.20. The van der Waals surface area contributed by atoms with Gasteiger partial charge in [0, 0.05) is 6.54 Å². The van der Waals surface area contributed by atoms with Crippen LogP contribution in [0.3, 0.4) is 0 Å². The molecular weight excluding hydrogens is 240 g/mol. The number of carbonyl (C=O) groups is 1. The Labute approximate surface area is 104 Å². The van der Waals surface area contributed by atoms with Crippen LogP contribution in [0, 0.1) is 0 Å². The molecule has 0 saturated heterocycles. The molecule has 1 amide bonds. The minimum Gasteiger partial charge on any atom is -0.368 e. The van der Waals surface area contributed by atoms with Gasteiger partial charge in [-0.3, -0.25) is 4.79 Å². The Balaban J connectivity index is 2.60. The topological polar surface area (TPSA) is 120 Å². The number of amides is 1. The second kappa shape index (κ2) is 6.24. The Morgan fingerprint density at radius 2 is 1.94 bits per heavy atom. The van der Waals surface area contributed by atoms with Gasteiger partial charge in [0.25, 0.3) is 0 Å². The molecule has 0 fully saturated rings. The van der Waals surface area contributed by atoms with E-state index in [2.05, 4.69) is 20.3 Å². The summed E-state index contributed by atoms with van der Waals surface area (Å²) in [4.78, 5) is 23.1. The van der Waals surface area contributed by atoms with E-state index in [9.17, 15) is 4.79 Å². The van der Waals surface area contributed by atoms with Crippen molar-refractivity contribution >= 4 is 29.6 Å². The van der Waals surface area contributed by atoms with Crippen molar-refractivity contribution in [1.29, 1.82) is 0 Å². The molecule has 1 aromatic heterocycles. The van der Waals surface area contributed by atoms with Gasteiger partial charge in [-0.2, -0.15) is 15.0 Å². The van der Waals surface area contributed by atoms with Crippen LogP contribution in [-0.4, -0.2) is 32.7 Å². The molecule has 5 N–H and O–H groups in total. The van der Waals surface area contributed by atoms with E-state index in [-0.39, 0.29) is 23.1 Å². The van der Waals surface area contributed by atoms with Crippen LogP contribution in [0.5, 0.6) is 0 Å². The summed E-state index contributed by atoms with van der Waals surface area (Å²) in [6.45, 7) is 4.42. The number of carbonyl (C=O) groups excluding carboxylic acids is 1. The zero-order chi connectivity index (χ0) is 12.8. The molecule has 1 heterocycles. The molecular formula is C9H16N6OS. The van der Waals surface area contributed by atoms with Crippen LogP contribution in [0.15, 0.2) is 5.16 Å². The van der Waals surface area contributed by atoms with E-state index >= 15 is 0 Å². The summed E-state index contributed by atoms with van der Waals surface area (Å²) >= 11 is 1.20. The SMILES string of the molecule is CCCNC(=O)[C@H](C)Sc1nc(N)nc(N)n1. The third kappa shape index (κ3) is 4.43. The van der Waals surface area contributed by atoms with Crippen molar-refractivity contribution in [2.45, 2.75) is 30.7 Å². The lowest BCUT2D eigenvalue weighted by Gasteiger charge is -2.10. The number of hydrogen-bond donors (Lipinski definition) is 3. The normalized spacial score (nSPS) is 12.1. The first-order valence-corrected chi connectivity index (χ1v) is 6.12. The van der Waals surface area contributed by atoms with Gasteiger partial charge in [0.1, 0.15) is 0 Å². The number of aromatic nitrogens is 3. The monoisotopic (exact) mass is 256 g/mol. The number of thioether (sulfide) groups is 1. The molecule has 0 unspecified atom stereocenters. The quantitative estimate of drug-likeness (QED) is 0.636. The lowest BCUT2D eigenvalue weighted by atomic mass is 10.4. The summed E-state index contributed by atoms with van der Waals surface area (Å²) in [6, 6.07) is 0. The summed E-state index contributed by atoms with van der Waals surface area (Å²) < 4.78 is 0. The highest BCUT2D eigenvalue weighted by atomic mass is 32.2. The van der Waals surface area contributed by atoms with Gasteiger partial charge < -0.3 is 16.8 Å². The van der Waals surface area contributed by atoms with Crippen molar-refractivity contribution in [3.8, 4) is 0 Å². The molecule has 0 saturated carbocycles. The van der Waals surface area contributed by atoms with Gasteiger partial charge in [0.2, 0.25) is 17.8 Å². The van der Waals surface area contributed by atoms with Crippen molar-refractivity contribution in [1.82, 2.24) is 20.3 Å². The molecule has 0 aliphatic heterocycles. The van der Waals surface area contributed by atoms with E-state index in [1.165, 1.54) is 11.8 Å². The average molecular weight is 256 g/mol. The molecule has 94 valence electrons. The molecule has 17 heavy (non-hydrogen) atoms. The lowest BCUT2D eigenvalue weighted by molar-refractivity contribution is -0.120. The molecule has 8 heteroatoms. The van der Waals surface area contributed by atoms with Crippen molar-refractivity contribution < 1.29 is 4.79 Å². The highest BCUT2D eigenvalue weighted by molar-refractivity contribution is 8.00. The zero-order valence-corrected chi connectivity index (χ0v) is 10.6. The molecule has 0 spiro atoms. The maximum Gasteiger partial charge on any atom is 0.233 e. The molecule has 0 aliphatic carbocycles. The van der Waals surface area contributed by atoms with E-state index in [1.807, 2.05) is 6.92 Å². The van der Waals surface area contributed by atoms with E-state index in [4.69, 9.17) is 11.5 Å². The summed E-state index contributed by atoms with van der Waals surface area (Å²) in [5, 5.41) is 2.84. The van der Waals surface area contributed by atoms with Crippen molar-refractivity contribution in [3.05, 3.63) is 0 Å². The molecule has 7 nitrogen and oxygen atoms in total. The third-order valence-corrected chi connectivity index (χ3v) is 2.81. The van der Waals surface area contributed by atoms with Crippen molar-refractivity contribution in [3.63, 3.8) is 0 Å². The fraction of sp³-hybridized carbons (Fsp3) is 0.556.